The first-order valence-corrected chi connectivity index (χ1v) is 12.7. The van der Waals surface area contributed by atoms with E-state index in [0.717, 1.165) is 22.5 Å². The van der Waals surface area contributed by atoms with Gasteiger partial charge in [-0.2, -0.15) is 0 Å². The lowest BCUT2D eigenvalue weighted by Crippen LogP contribution is -2.49. The van der Waals surface area contributed by atoms with E-state index in [2.05, 4.69) is 0 Å². The van der Waals surface area contributed by atoms with Gasteiger partial charge in [0.1, 0.15) is 11.6 Å². The number of carbonyl (C=O) groups excluding carboxylic acids is 1. The second-order valence-corrected chi connectivity index (χ2v) is 10.4. The molecule has 0 N–H and O–H groups in total. The van der Waals surface area contributed by atoms with Crippen molar-refractivity contribution < 1.29 is 26.9 Å². The summed E-state index contributed by atoms with van der Waals surface area (Å²) in [6.45, 7) is 0.286. The van der Waals surface area contributed by atoms with Crippen LogP contribution in [0.1, 0.15) is 23.2 Å². The van der Waals surface area contributed by atoms with E-state index >= 15 is 0 Å². The predicted molar refractivity (Wildman–Crippen MR) is 129 cm³/mol. The summed E-state index contributed by atoms with van der Waals surface area (Å²) in [4.78, 5) is 24.5. The average molecular weight is 536 g/mol. The van der Waals surface area contributed by atoms with Gasteiger partial charge in [0.15, 0.2) is 0 Å². The monoisotopic (exact) mass is 535 g/mol. The molecule has 1 aliphatic heterocycles. The summed E-state index contributed by atoms with van der Waals surface area (Å²) < 4.78 is 56.9. The number of nitrogens with zero attached hydrogens (tertiary/aromatic N) is 3. The molecule has 0 aliphatic carbocycles. The van der Waals surface area contributed by atoms with Gasteiger partial charge in [-0.1, -0.05) is 11.6 Å². The van der Waals surface area contributed by atoms with Gasteiger partial charge < -0.3 is 4.90 Å². The van der Waals surface area contributed by atoms with Gasteiger partial charge in [0, 0.05) is 47.9 Å². The second kappa shape index (κ2) is 10.2. The lowest BCUT2D eigenvalue weighted by molar-refractivity contribution is -0.384. The van der Waals surface area contributed by atoms with Crippen LogP contribution in [-0.2, 0) is 10.0 Å². The number of likely N-dealkylation sites (tertiary alicyclic amines) is 1. The molecular formula is C24H20ClF2N3O5S. The number of anilines is 1. The Kier molecular flexibility index (Phi) is 7.23. The van der Waals surface area contributed by atoms with E-state index in [-0.39, 0.29) is 48.0 Å². The van der Waals surface area contributed by atoms with E-state index in [1.807, 2.05) is 0 Å². The van der Waals surface area contributed by atoms with E-state index in [0.29, 0.717) is 5.02 Å². The van der Waals surface area contributed by atoms with Crippen molar-refractivity contribution in [3.8, 4) is 0 Å². The third-order valence-electron chi connectivity index (χ3n) is 5.92. The molecule has 36 heavy (non-hydrogen) atoms. The molecule has 12 heteroatoms. The fraction of sp³-hybridized carbons (Fsp3) is 0.208. The molecule has 0 aromatic heterocycles. The van der Waals surface area contributed by atoms with Crippen molar-refractivity contribution in [3.05, 3.63) is 99.1 Å². The number of hydrogen-bond acceptors (Lipinski definition) is 5. The Balaban J connectivity index is 1.61. The van der Waals surface area contributed by atoms with Crippen molar-refractivity contribution in [2.24, 2.45) is 0 Å². The van der Waals surface area contributed by atoms with Crippen LogP contribution in [0.3, 0.4) is 0 Å². The van der Waals surface area contributed by atoms with E-state index in [9.17, 15) is 32.1 Å². The molecule has 4 rings (SSSR count). The van der Waals surface area contributed by atoms with Crippen LogP contribution in [0, 0.1) is 21.7 Å². The summed E-state index contributed by atoms with van der Waals surface area (Å²) in [5.74, 6) is -2.07. The number of nitro benzene ring substituents is 1. The molecule has 1 saturated heterocycles. The van der Waals surface area contributed by atoms with Gasteiger partial charge in [-0.25, -0.2) is 17.2 Å². The van der Waals surface area contributed by atoms with Gasteiger partial charge in [0.25, 0.3) is 21.6 Å². The van der Waals surface area contributed by atoms with E-state index in [1.54, 1.807) is 0 Å². The quantitative estimate of drug-likeness (QED) is 0.325. The molecule has 1 amide bonds. The van der Waals surface area contributed by atoms with Crippen molar-refractivity contribution >= 4 is 38.9 Å². The van der Waals surface area contributed by atoms with Crippen LogP contribution in [-0.4, -0.2) is 43.3 Å². The zero-order valence-electron chi connectivity index (χ0n) is 18.7. The van der Waals surface area contributed by atoms with Crippen LogP contribution in [0.4, 0.5) is 20.2 Å². The van der Waals surface area contributed by atoms with Crippen LogP contribution in [0.5, 0.6) is 0 Å². The Hall–Kier alpha value is -3.57. The molecule has 0 saturated carbocycles. The Labute approximate surface area is 210 Å². The number of benzene rings is 3. The molecule has 3 aromatic carbocycles. The van der Waals surface area contributed by atoms with Crippen LogP contribution in [0.25, 0.3) is 0 Å². The summed E-state index contributed by atoms with van der Waals surface area (Å²) in [6.07, 6.45) is 0.309. The van der Waals surface area contributed by atoms with Gasteiger partial charge in [0.2, 0.25) is 0 Å². The van der Waals surface area contributed by atoms with Crippen LogP contribution in [0.15, 0.2) is 71.6 Å². The molecule has 0 atom stereocenters. The standard InChI is InChI=1S/C24H20ClF2N3O5S/c25-17-3-8-21(9-4-17)36(34,35)29(23-15-18(26)5-10-22(23)27)19-11-13-28(14-12-19)24(31)16-1-6-20(7-2-16)30(32)33/h1-10,15,19H,11-14H2. The maximum absolute atomic E-state index is 14.8. The number of hydrogen-bond donors (Lipinski definition) is 0. The highest BCUT2D eigenvalue weighted by molar-refractivity contribution is 7.92. The number of piperidine rings is 1. The van der Waals surface area contributed by atoms with Crippen LogP contribution >= 0.6 is 11.6 Å². The number of nitro groups is 1. The number of carbonyl (C=O) groups is 1. The fourth-order valence-corrected chi connectivity index (χ4v) is 5.94. The Morgan fingerprint density at radius 3 is 2.19 bits per heavy atom. The highest BCUT2D eigenvalue weighted by atomic mass is 35.5. The number of amides is 1. The molecule has 0 spiro atoms. The van der Waals surface area contributed by atoms with Crippen LogP contribution < -0.4 is 4.31 Å². The number of sulfonamides is 1. The first kappa shape index (κ1) is 25.5. The Morgan fingerprint density at radius 2 is 1.61 bits per heavy atom. The average Bonchev–Trinajstić information content (AvgIpc) is 2.86. The maximum Gasteiger partial charge on any atom is 0.269 e. The molecule has 0 bridgehead atoms. The first-order chi connectivity index (χ1) is 17.1. The zero-order chi connectivity index (χ0) is 26.0. The third kappa shape index (κ3) is 5.17. The van der Waals surface area contributed by atoms with Crippen molar-refractivity contribution in [3.63, 3.8) is 0 Å². The topological polar surface area (TPSA) is 101 Å². The third-order valence-corrected chi connectivity index (χ3v) is 8.06. The zero-order valence-corrected chi connectivity index (χ0v) is 20.3. The van der Waals surface area contributed by atoms with E-state index in [4.69, 9.17) is 11.6 Å². The number of non-ortho nitro benzene ring substituents is 1. The lowest BCUT2D eigenvalue weighted by atomic mass is 10.0. The number of halogens is 3. The summed E-state index contributed by atoms with van der Waals surface area (Å²) in [7, 11) is -4.31. The van der Waals surface area contributed by atoms with E-state index in [1.165, 1.54) is 53.4 Å². The summed E-state index contributed by atoms with van der Waals surface area (Å²) in [5, 5.41) is 11.2. The summed E-state index contributed by atoms with van der Waals surface area (Å²) >= 11 is 5.88. The molecule has 3 aromatic rings. The Bertz CT molecular complexity index is 1390. The molecule has 0 radical (unpaired) electrons. The minimum atomic E-state index is -4.31. The highest BCUT2D eigenvalue weighted by Gasteiger charge is 2.37. The first-order valence-electron chi connectivity index (χ1n) is 10.9. The second-order valence-electron chi connectivity index (χ2n) is 8.18. The minimum Gasteiger partial charge on any atom is -0.338 e. The van der Waals surface area contributed by atoms with Crippen molar-refractivity contribution in [1.29, 1.82) is 0 Å². The van der Waals surface area contributed by atoms with Gasteiger partial charge in [-0.15, -0.1) is 0 Å². The van der Waals surface area contributed by atoms with Gasteiger partial charge in [0.05, 0.1) is 15.5 Å². The van der Waals surface area contributed by atoms with Crippen LogP contribution in [0.2, 0.25) is 5.02 Å². The van der Waals surface area contributed by atoms with Gasteiger partial charge >= 0.3 is 0 Å². The molecule has 1 fully saturated rings. The van der Waals surface area contributed by atoms with Crippen molar-refractivity contribution in [2.75, 3.05) is 17.4 Å². The van der Waals surface area contributed by atoms with E-state index < -0.39 is 38.3 Å². The van der Waals surface area contributed by atoms with Gasteiger partial charge in [-0.3, -0.25) is 19.2 Å². The molecule has 188 valence electrons. The molecular weight excluding hydrogens is 516 g/mol. The van der Waals surface area contributed by atoms with Gasteiger partial charge in [-0.05, 0) is 61.4 Å². The predicted octanol–water partition coefficient (Wildman–Crippen LogP) is 5.03. The molecule has 8 nitrogen and oxygen atoms in total. The maximum atomic E-state index is 14.8. The fourth-order valence-electron chi connectivity index (χ4n) is 4.11. The number of rotatable bonds is 6. The molecule has 0 unspecified atom stereocenters. The normalized spacial score (nSPS) is 14.5. The van der Waals surface area contributed by atoms with Crippen molar-refractivity contribution in [1.82, 2.24) is 4.90 Å². The summed E-state index contributed by atoms with van der Waals surface area (Å²) in [5.41, 5.74) is -0.323. The molecule has 1 aliphatic rings. The van der Waals surface area contributed by atoms with Crippen molar-refractivity contribution in [2.45, 2.75) is 23.8 Å². The highest BCUT2D eigenvalue weighted by Crippen LogP contribution is 2.33. The largest absolute Gasteiger partial charge is 0.338 e. The summed E-state index contributed by atoms with van der Waals surface area (Å²) in [6, 6.07) is 12.3. The Morgan fingerprint density at radius 1 is 1.00 bits per heavy atom. The smallest absolute Gasteiger partial charge is 0.269 e. The minimum absolute atomic E-state index is 0.139. The SMILES string of the molecule is O=C(c1ccc([N+](=O)[O-])cc1)N1CCC(N(c2cc(F)ccc2F)S(=O)(=O)c2ccc(Cl)cc2)CC1. The molecule has 1 heterocycles. The lowest BCUT2D eigenvalue weighted by Gasteiger charge is -2.39.